The summed E-state index contributed by atoms with van der Waals surface area (Å²) in [6.07, 6.45) is 2.86. The first-order valence-corrected chi connectivity index (χ1v) is 9.58. The zero-order valence-electron chi connectivity index (χ0n) is 15.8. The van der Waals surface area contributed by atoms with Gasteiger partial charge in [-0.25, -0.2) is 9.83 Å². The lowest BCUT2D eigenvalue weighted by Gasteiger charge is -2.47. The van der Waals surface area contributed by atoms with Gasteiger partial charge in [-0.05, 0) is 37.3 Å². The molecule has 1 heterocycles. The maximum absolute atomic E-state index is 10.5. The first-order chi connectivity index (χ1) is 13.0. The van der Waals surface area contributed by atoms with Gasteiger partial charge in [0.25, 0.3) is 0 Å². The molecule has 0 bridgehead atoms. The van der Waals surface area contributed by atoms with Gasteiger partial charge in [0, 0.05) is 29.1 Å². The minimum absolute atomic E-state index is 0.0378. The highest BCUT2D eigenvalue weighted by Gasteiger charge is 2.50. The number of rotatable bonds is 3. The lowest BCUT2D eigenvalue weighted by Crippen LogP contribution is -2.44. The van der Waals surface area contributed by atoms with E-state index in [-0.39, 0.29) is 29.6 Å². The number of aromatic nitrogens is 2. The normalized spacial score (nSPS) is 27.0. The maximum Gasteiger partial charge on any atom is 0.203 e. The Labute approximate surface area is 159 Å². The summed E-state index contributed by atoms with van der Waals surface area (Å²) >= 11 is 0. The molecule has 0 spiro atoms. The number of nitrogens with zero attached hydrogens (tertiary/aromatic N) is 3. The number of aliphatic hydroxyl groups excluding tert-OH is 2. The topological polar surface area (TPSA) is 62.6 Å². The van der Waals surface area contributed by atoms with Crippen LogP contribution in [-0.4, -0.2) is 26.4 Å². The van der Waals surface area contributed by atoms with E-state index in [1.165, 1.54) is 5.69 Å². The molecule has 140 valence electrons. The number of hydrogen-bond donors (Lipinski definition) is 2. The van der Waals surface area contributed by atoms with Gasteiger partial charge in [-0.1, -0.05) is 32.0 Å². The second-order valence-electron chi connectivity index (χ2n) is 7.94. The number of fused-ring (bicyclic) bond motifs is 3. The predicted molar refractivity (Wildman–Crippen MR) is 104 cm³/mol. The van der Waals surface area contributed by atoms with Crippen molar-refractivity contribution in [3.8, 4) is 5.69 Å². The van der Waals surface area contributed by atoms with Crippen LogP contribution in [0.3, 0.4) is 0 Å². The van der Waals surface area contributed by atoms with E-state index < -0.39 is 0 Å². The molecule has 4 rings (SSSR count). The Morgan fingerprint density at radius 2 is 2.07 bits per heavy atom. The monoisotopic (exact) mass is 363 g/mol. The van der Waals surface area contributed by atoms with Gasteiger partial charge in [-0.3, -0.25) is 0 Å². The van der Waals surface area contributed by atoms with Gasteiger partial charge in [-0.15, -0.1) is 0 Å². The van der Waals surface area contributed by atoms with Crippen molar-refractivity contribution in [2.45, 2.75) is 44.9 Å². The Morgan fingerprint density at radius 1 is 1.33 bits per heavy atom. The average molecular weight is 363 g/mol. The second-order valence-corrected chi connectivity index (χ2v) is 7.94. The summed E-state index contributed by atoms with van der Waals surface area (Å²) in [5.41, 5.74) is 3.47. The number of allylic oxidation sites excluding steroid dienone is 2. The van der Waals surface area contributed by atoms with Crippen LogP contribution in [0, 0.1) is 18.4 Å². The quantitative estimate of drug-likeness (QED) is 0.812. The summed E-state index contributed by atoms with van der Waals surface area (Å²) in [6, 6.07) is 10.2. The smallest absolute Gasteiger partial charge is 0.203 e. The van der Waals surface area contributed by atoms with E-state index in [4.69, 9.17) is 11.6 Å². The molecule has 2 aliphatic rings. The Balaban J connectivity index is 1.91. The molecule has 0 fully saturated rings. The van der Waals surface area contributed by atoms with E-state index in [9.17, 15) is 10.2 Å². The Kier molecular flexibility index (Phi) is 4.32. The van der Waals surface area contributed by atoms with E-state index in [1.807, 2.05) is 25.1 Å². The van der Waals surface area contributed by atoms with E-state index in [1.54, 1.807) is 0 Å². The molecule has 2 aliphatic carbocycles. The third-order valence-corrected chi connectivity index (χ3v) is 6.44. The minimum Gasteiger partial charge on any atom is -0.523 e. The van der Waals surface area contributed by atoms with Crippen molar-refractivity contribution in [2.75, 3.05) is 6.61 Å². The van der Waals surface area contributed by atoms with Crippen LogP contribution in [0.15, 0.2) is 41.8 Å². The number of para-hydroxylation sites is 1. The van der Waals surface area contributed by atoms with Crippen molar-refractivity contribution in [3.63, 3.8) is 0 Å². The van der Waals surface area contributed by atoms with Crippen LogP contribution in [-0.2, 0) is 18.3 Å². The molecule has 0 amide bonds. The van der Waals surface area contributed by atoms with Crippen LogP contribution in [0.25, 0.3) is 10.5 Å². The van der Waals surface area contributed by atoms with Crippen LogP contribution in [0.5, 0.6) is 0 Å². The van der Waals surface area contributed by atoms with Gasteiger partial charge in [0.05, 0.1) is 24.6 Å². The molecule has 0 aliphatic heterocycles. The molecular weight excluding hydrogens is 338 g/mol. The zero-order chi connectivity index (χ0) is 19.2. The fourth-order valence-corrected chi connectivity index (χ4v) is 5.13. The van der Waals surface area contributed by atoms with Crippen LogP contribution >= 0.6 is 0 Å². The Morgan fingerprint density at radius 3 is 2.74 bits per heavy atom. The summed E-state index contributed by atoms with van der Waals surface area (Å²) in [5, 5.41) is 20.0. The highest BCUT2D eigenvalue weighted by molar-refractivity contribution is 5.44. The Bertz CT molecular complexity index is 938. The van der Waals surface area contributed by atoms with Crippen LogP contribution in [0.2, 0.25) is 0 Å². The number of imidazole rings is 1. The van der Waals surface area contributed by atoms with Crippen molar-refractivity contribution in [2.24, 2.45) is 11.8 Å². The highest BCUT2D eigenvalue weighted by Crippen LogP contribution is 2.53. The largest absolute Gasteiger partial charge is 0.523 e. The molecule has 0 saturated heterocycles. The molecule has 0 radical (unpaired) electrons. The van der Waals surface area contributed by atoms with E-state index in [2.05, 4.69) is 28.5 Å². The van der Waals surface area contributed by atoms with Gasteiger partial charge in [0.15, 0.2) is 0 Å². The third kappa shape index (κ3) is 2.59. The van der Waals surface area contributed by atoms with Crippen LogP contribution in [0.4, 0.5) is 0 Å². The van der Waals surface area contributed by atoms with Crippen molar-refractivity contribution < 1.29 is 10.2 Å². The molecule has 27 heavy (non-hydrogen) atoms. The molecule has 5 nitrogen and oxygen atoms in total. The summed E-state index contributed by atoms with van der Waals surface area (Å²) < 4.78 is 2.19. The fraction of sp³-hybridized carbons (Fsp3) is 0.455. The summed E-state index contributed by atoms with van der Waals surface area (Å²) in [6.45, 7) is 11.8. The van der Waals surface area contributed by atoms with Crippen molar-refractivity contribution in [3.05, 3.63) is 70.4 Å². The fourth-order valence-electron chi connectivity index (χ4n) is 5.13. The van der Waals surface area contributed by atoms with Crippen LogP contribution < -0.4 is 0 Å². The first kappa shape index (κ1) is 17.8. The van der Waals surface area contributed by atoms with E-state index >= 15 is 0 Å². The van der Waals surface area contributed by atoms with Gasteiger partial charge in [0.2, 0.25) is 5.70 Å². The lowest BCUT2D eigenvalue weighted by atomic mass is 9.58. The molecule has 0 unspecified atom stereocenters. The van der Waals surface area contributed by atoms with Crippen LogP contribution in [0.1, 0.15) is 43.9 Å². The van der Waals surface area contributed by atoms with Gasteiger partial charge in [-0.2, -0.15) is 0 Å². The minimum atomic E-state index is -0.274. The lowest BCUT2D eigenvalue weighted by molar-refractivity contribution is 0.135. The summed E-state index contributed by atoms with van der Waals surface area (Å²) in [4.78, 5) is 8.61. The highest BCUT2D eigenvalue weighted by atomic mass is 16.3. The molecule has 3 atom stereocenters. The van der Waals surface area contributed by atoms with E-state index in [0.717, 1.165) is 30.0 Å². The molecule has 2 N–H and O–H groups in total. The van der Waals surface area contributed by atoms with Gasteiger partial charge in [0.1, 0.15) is 5.82 Å². The van der Waals surface area contributed by atoms with E-state index in [0.29, 0.717) is 18.5 Å². The standard InChI is InChI=1S/C22H25N3O2/c1-14-16-9-10-18-21(22(16,2)13-17(23-3)20(14)27)24-19(11-12-26)25(18)15-7-5-4-6-8-15/h4-8,14,16,26-27H,9-13H2,1-2H3/t14-,16-,22-/m0/s1. The maximum atomic E-state index is 10.5. The number of hydrogen-bond acceptors (Lipinski definition) is 3. The van der Waals surface area contributed by atoms with Gasteiger partial charge >= 0.3 is 0 Å². The molecule has 2 aromatic rings. The van der Waals surface area contributed by atoms with Gasteiger partial charge < -0.3 is 14.8 Å². The van der Waals surface area contributed by atoms with Crippen molar-refractivity contribution in [1.82, 2.24) is 9.55 Å². The molecule has 1 aromatic carbocycles. The van der Waals surface area contributed by atoms with Crippen molar-refractivity contribution in [1.29, 1.82) is 0 Å². The molecule has 5 heteroatoms. The Hall–Kier alpha value is -2.58. The number of aliphatic hydroxyl groups is 2. The molecular formula is C22H25N3O2. The summed E-state index contributed by atoms with van der Waals surface area (Å²) in [7, 11) is 0. The molecule has 1 aromatic heterocycles. The predicted octanol–water partition coefficient (Wildman–Crippen LogP) is 3.96. The number of benzene rings is 1. The van der Waals surface area contributed by atoms with Crippen molar-refractivity contribution >= 4 is 0 Å². The second kappa shape index (κ2) is 6.54. The summed E-state index contributed by atoms with van der Waals surface area (Å²) in [5.74, 6) is 1.35. The first-order valence-electron chi connectivity index (χ1n) is 9.58. The zero-order valence-corrected chi connectivity index (χ0v) is 15.8. The average Bonchev–Trinajstić information content (AvgIpc) is 3.05. The molecule has 0 saturated carbocycles. The third-order valence-electron chi connectivity index (χ3n) is 6.44. The SMILES string of the molecule is [C-]#[N+]C1=C(O)[C@@H](C)[C@@H]2CCc3c(nc(CCO)n3-c3ccccc3)[C@@]2(C)C1.